The molecule has 0 spiro atoms. The van der Waals surface area contributed by atoms with Gasteiger partial charge >= 0.3 is 0 Å². The van der Waals surface area contributed by atoms with Crippen molar-refractivity contribution >= 4 is 23.2 Å². The zero-order valence-corrected chi connectivity index (χ0v) is 16.3. The maximum atomic E-state index is 12.6. The average Bonchev–Trinajstić information content (AvgIpc) is 2.63. The van der Waals surface area contributed by atoms with E-state index < -0.39 is 0 Å². The summed E-state index contributed by atoms with van der Waals surface area (Å²) in [5.41, 5.74) is 6.80. The molecule has 0 radical (unpaired) electrons. The lowest BCUT2D eigenvalue weighted by atomic mass is 9.78. The van der Waals surface area contributed by atoms with Gasteiger partial charge < -0.3 is 20.7 Å². The SMILES string of the molecule is CCN(C)C1(CCNC(=O)c2cc(Cl)c(N)cc2OC)CCCCC1. The summed E-state index contributed by atoms with van der Waals surface area (Å²) < 4.78 is 5.27. The molecule has 1 aliphatic carbocycles. The molecule has 0 aliphatic heterocycles. The van der Waals surface area contributed by atoms with Gasteiger partial charge in [-0.2, -0.15) is 0 Å². The maximum absolute atomic E-state index is 12.6. The van der Waals surface area contributed by atoms with Crippen molar-refractivity contribution in [1.82, 2.24) is 10.2 Å². The molecule has 1 amide bonds. The van der Waals surface area contributed by atoms with Gasteiger partial charge in [-0.25, -0.2) is 0 Å². The molecule has 140 valence electrons. The molecular formula is C19H30ClN3O2. The predicted octanol–water partition coefficient (Wildman–Crippen LogP) is 3.71. The number of amides is 1. The third kappa shape index (κ3) is 4.59. The van der Waals surface area contributed by atoms with Gasteiger partial charge in [-0.05, 0) is 38.9 Å². The van der Waals surface area contributed by atoms with E-state index >= 15 is 0 Å². The summed E-state index contributed by atoms with van der Waals surface area (Å²) in [6.07, 6.45) is 7.19. The Morgan fingerprint density at radius 2 is 2.04 bits per heavy atom. The lowest BCUT2D eigenvalue weighted by Gasteiger charge is -2.44. The quantitative estimate of drug-likeness (QED) is 0.721. The van der Waals surface area contributed by atoms with Crippen molar-refractivity contribution in [2.24, 2.45) is 0 Å². The molecule has 1 saturated carbocycles. The molecular weight excluding hydrogens is 338 g/mol. The second kappa shape index (κ2) is 8.77. The number of halogens is 1. The van der Waals surface area contributed by atoms with E-state index in [0.29, 0.717) is 28.6 Å². The highest BCUT2D eigenvalue weighted by molar-refractivity contribution is 6.33. The smallest absolute Gasteiger partial charge is 0.255 e. The van der Waals surface area contributed by atoms with Crippen LogP contribution in [0.15, 0.2) is 12.1 Å². The van der Waals surface area contributed by atoms with E-state index in [-0.39, 0.29) is 11.4 Å². The number of nitrogens with zero attached hydrogens (tertiary/aromatic N) is 1. The molecule has 5 nitrogen and oxygen atoms in total. The minimum absolute atomic E-state index is 0.177. The molecule has 3 N–H and O–H groups in total. The molecule has 2 rings (SSSR count). The molecule has 0 atom stereocenters. The minimum Gasteiger partial charge on any atom is -0.496 e. The van der Waals surface area contributed by atoms with Crippen molar-refractivity contribution in [3.05, 3.63) is 22.7 Å². The third-order valence-electron chi connectivity index (χ3n) is 5.51. The van der Waals surface area contributed by atoms with Crippen LogP contribution in [0.2, 0.25) is 5.02 Å². The highest BCUT2D eigenvalue weighted by atomic mass is 35.5. The number of rotatable bonds is 7. The topological polar surface area (TPSA) is 67.6 Å². The zero-order chi connectivity index (χ0) is 18.4. The lowest BCUT2D eigenvalue weighted by Crippen LogP contribution is -2.49. The third-order valence-corrected chi connectivity index (χ3v) is 5.84. The number of nitrogens with two attached hydrogens (primary N) is 1. The van der Waals surface area contributed by atoms with Crippen molar-refractivity contribution < 1.29 is 9.53 Å². The van der Waals surface area contributed by atoms with Crippen LogP contribution in [0.5, 0.6) is 5.75 Å². The number of hydrogen-bond acceptors (Lipinski definition) is 4. The van der Waals surface area contributed by atoms with Crippen molar-refractivity contribution in [1.29, 1.82) is 0 Å². The van der Waals surface area contributed by atoms with Gasteiger partial charge in [-0.1, -0.05) is 37.8 Å². The largest absolute Gasteiger partial charge is 0.496 e. The van der Waals surface area contributed by atoms with Crippen LogP contribution >= 0.6 is 11.6 Å². The number of anilines is 1. The van der Waals surface area contributed by atoms with E-state index in [9.17, 15) is 4.79 Å². The van der Waals surface area contributed by atoms with Gasteiger partial charge in [0, 0.05) is 18.2 Å². The monoisotopic (exact) mass is 367 g/mol. The standard InChI is InChI=1S/C19H30ClN3O2/c1-4-23(2)19(8-6-5-7-9-19)10-11-22-18(24)14-12-15(20)16(21)13-17(14)25-3/h12-13H,4-11,21H2,1-3H3,(H,22,24). The number of benzene rings is 1. The number of hydrogen-bond donors (Lipinski definition) is 2. The molecule has 0 heterocycles. The fourth-order valence-electron chi connectivity index (χ4n) is 3.79. The fourth-order valence-corrected chi connectivity index (χ4v) is 3.95. The van der Waals surface area contributed by atoms with E-state index in [1.54, 1.807) is 12.1 Å². The molecule has 0 bridgehead atoms. The van der Waals surface area contributed by atoms with Crippen LogP contribution in [-0.2, 0) is 0 Å². The van der Waals surface area contributed by atoms with Crippen LogP contribution < -0.4 is 15.8 Å². The Hall–Kier alpha value is -1.46. The first-order valence-corrected chi connectivity index (χ1v) is 9.44. The molecule has 0 unspecified atom stereocenters. The number of carbonyl (C=O) groups is 1. The Labute approximate surface area is 155 Å². The summed E-state index contributed by atoms with van der Waals surface area (Å²) in [7, 11) is 3.71. The molecule has 0 saturated heterocycles. The summed E-state index contributed by atoms with van der Waals surface area (Å²) in [5, 5.41) is 3.39. The highest BCUT2D eigenvalue weighted by Gasteiger charge is 2.34. The number of nitrogens with one attached hydrogen (secondary N) is 1. The van der Waals surface area contributed by atoms with Crippen LogP contribution in [0.25, 0.3) is 0 Å². The van der Waals surface area contributed by atoms with Crippen molar-refractivity contribution in [2.75, 3.05) is 33.0 Å². The van der Waals surface area contributed by atoms with Gasteiger partial charge in [-0.15, -0.1) is 0 Å². The summed E-state index contributed by atoms with van der Waals surface area (Å²) in [6.45, 7) is 3.85. The van der Waals surface area contributed by atoms with Gasteiger partial charge in [0.05, 0.1) is 23.4 Å². The maximum Gasteiger partial charge on any atom is 0.255 e. The number of nitrogen functional groups attached to an aromatic ring is 1. The van der Waals surface area contributed by atoms with Crippen molar-refractivity contribution in [3.8, 4) is 5.75 Å². The normalized spacial score (nSPS) is 16.7. The van der Waals surface area contributed by atoms with Crippen LogP contribution in [0.1, 0.15) is 55.8 Å². The van der Waals surface area contributed by atoms with Gasteiger partial charge in [0.1, 0.15) is 5.75 Å². The molecule has 1 fully saturated rings. The molecule has 25 heavy (non-hydrogen) atoms. The molecule has 0 aromatic heterocycles. The van der Waals surface area contributed by atoms with E-state index in [1.807, 2.05) is 0 Å². The fraction of sp³-hybridized carbons (Fsp3) is 0.632. The Balaban J connectivity index is 2.03. The molecule has 1 aliphatic rings. The van der Waals surface area contributed by atoms with E-state index in [1.165, 1.54) is 39.2 Å². The van der Waals surface area contributed by atoms with E-state index in [4.69, 9.17) is 22.1 Å². The van der Waals surface area contributed by atoms with Crippen LogP contribution in [0, 0.1) is 0 Å². The predicted molar refractivity (Wildman–Crippen MR) is 103 cm³/mol. The summed E-state index contributed by atoms with van der Waals surface area (Å²) in [6, 6.07) is 3.16. The van der Waals surface area contributed by atoms with Crippen molar-refractivity contribution in [2.45, 2.75) is 51.0 Å². The Morgan fingerprint density at radius 1 is 1.36 bits per heavy atom. The summed E-state index contributed by atoms with van der Waals surface area (Å²) >= 11 is 6.06. The second-order valence-corrected chi connectivity index (χ2v) is 7.29. The Bertz CT molecular complexity index is 601. The van der Waals surface area contributed by atoms with E-state index in [0.717, 1.165) is 13.0 Å². The minimum atomic E-state index is -0.177. The lowest BCUT2D eigenvalue weighted by molar-refractivity contribution is 0.0689. The van der Waals surface area contributed by atoms with Gasteiger partial charge in [0.15, 0.2) is 0 Å². The average molecular weight is 368 g/mol. The van der Waals surface area contributed by atoms with E-state index in [2.05, 4.69) is 24.2 Å². The van der Waals surface area contributed by atoms with Crippen LogP contribution in [-0.4, -0.2) is 43.6 Å². The molecule has 6 heteroatoms. The second-order valence-electron chi connectivity index (χ2n) is 6.88. The van der Waals surface area contributed by atoms with Gasteiger partial charge in [-0.3, -0.25) is 4.79 Å². The number of carbonyl (C=O) groups excluding carboxylic acids is 1. The first-order chi connectivity index (χ1) is 11.9. The summed E-state index contributed by atoms with van der Waals surface area (Å²) in [5.74, 6) is 0.265. The molecule has 1 aromatic rings. The van der Waals surface area contributed by atoms with Gasteiger partial charge in [0.2, 0.25) is 0 Å². The van der Waals surface area contributed by atoms with Crippen molar-refractivity contribution in [3.63, 3.8) is 0 Å². The van der Waals surface area contributed by atoms with Crippen LogP contribution in [0.4, 0.5) is 5.69 Å². The zero-order valence-electron chi connectivity index (χ0n) is 15.5. The Morgan fingerprint density at radius 3 is 2.64 bits per heavy atom. The highest BCUT2D eigenvalue weighted by Crippen LogP contribution is 2.35. The molecule has 1 aromatic carbocycles. The van der Waals surface area contributed by atoms with Gasteiger partial charge in [0.25, 0.3) is 5.91 Å². The first-order valence-electron chi connectivity index (χ1n) is 9.06. The first kappa shape index (κ1) is 19.9. The summed E-state index contributed by atoms with van der Waals surface area (Å²) in [4.78, 5) is 15.0. The number of methoxy groups -OCH3 is 1. The van der Waals surface area contributed by atoms with Crippen LogP contribution in [0.3, 0.4) is 0 Å². The Kier molecular flexibility index (Phi) is 6.96. The number of ether oxygens (including phenoxy) is 1.